The highest BCUT2D eigenvalue weighted by molar-refractivity contribution is 8.11. The molecule has 0 aliphatic heterocycles. The van der Waals surface area contributed by atoms with Gasteiger partial charge in [0.2, 0.25) is 0 Å². The molecule has 0 aromatic carbocycles. The maximum absolute atomic E-state index is 2.28. The molecule has 0 rings (SSSR count). The zero-order valence-electron chi connectivity index (χ0n) is 9.26. The predicted molar refractivity (Wildman–Crippen MR) is 67.2 cm³/mol. The molecule has 0 aromatic rings. The summed E-state index contributed by atoms with van der Waals surface area (Å²) in [5, 5.41) is 0. The first-order valence-corrected chi connectivity index (χ1v) is 8.61. The van der Waals surface area contributed by atoms with Gasteiger partial charge in [0.25, 0.3) is 0 Å². The molecule has 0 unspecified atom stereocenters. The second kappa shape index (κ2) is 12.9. The lowest BCUT2D eigenvalue weighted by Gasteiger charge is -1.99. The van der Waals surface area contributed by atoms with Crippen molar-refractivity contribution in [1.29, 1.82) is 0 Å². The molecular weight excluding hydrogens is 194 g/mol. The highest BCUT2D eigenvalue weighted by Gasteiger charge is 1.91. The van der Waals surface area contributed by atoms with Crippen molar-refractivity contribution in [2.45, 2.75) is 58.8 Å². The fourth-order valence-corrected chi connectivity index (χ4v) is 3.92. The molecule has 0 saturated heterocycles. The van der Waals surface area contributed by atoms with Crippen LogP contribution >= 0.6 is 16.5 Å². The van der Waals surface area contributed by atoms with E-state index in [1.807, 2.05) is 0 Å². The van der Waals surface area contributed by atoms with Crippen molar-refractivity contribution in [1.82, 2.24) is 0 Å². The number of unbranched alkanes of at least 4 members (excludes halogenated alkanes) is 5. The van der Waals surface area contributed by atoms with Gasteiger partial charge in [-0.15, -0.1) is 0 Å². The molecule has 13 heavy (non-hydrogen) atoms. The van der Waals surface area contributed by atoms with Crippen LogP contribution in [0.1, 0.15) is 58.8 Å². The minimum Gasteiger partial charge on any atom is -0.0654 e. The zero-order chi connectivity index (χ0) is 9.78. The Morgan fingerprint density at radius 3 is 1.92 bits per heavy atom. The first-order valence-electron chi connectivity index (χ1n) is 5.75. The largest absolute Gasteiger partial charge is 0.0654 e. The fourth-order valence-electron chi connectivity index (χ4n) is 1.20. The maximum Gasteiger partial charge on any atom is -0.0242 e. The minimum atomic E-state index is 1.35. The van der Waals surface area contributed by atoms with Gasteiger partial charge in [-0.05, 0) is 35.3 Å². The Hall–Kier alpha value is 0.860. The van der Waals surface area contributed by atoms with Crippen LogP contribution in [0.4, 0.5) is 0 Å². The molecule has 0 atom stereocenters. The van der Waals surface area contributed by atoms with Gasteiger partial charge in [-0.25, -0.2) is 0 Å². The van der Waals surface area contributed by atoms with Gasteiger partial charge in [-0.3, -0.25) is 0 Å². The number of hydrogen-bond donors (Lipinski definition) is 0. The third kappa shape index (κ3) is 12.9. The fraction of sp³-hybridized carbons (Fsp3) is 1.00. The Bertz CT molecular complexity index is 74.2. The van der Waals surface area contributed by atoms with Crippen LogP contribution in [0, 0.1) is 0 Å². The molecular formula is C11H24P2. The van der Waals surface area contributed by atoms with Crippen molar-refractivity contribution >= 4 is 16.5 Å². The van der Waals surface area contributed by atoms with Crippen molar-refractivity contribution in [3.8, 4) is 0 Å². The lowest BCUT2D eigenvalue weighted by atomic mass is 10.1. The van der Waals surface area contributed by atoms with Gasteiger partial charge in [0.1, 0.15) is 0 Å². The molecule has 2 radical (unpaired) electrons. The summed E-state index contributed by atoms with van der Waals surface area (Å²) in [7, 11) is 3.32. The molecule has 0 aliphatic carbocycles. The Balaban J connectivity index is 2.76. The molecule has 0 bridgehead atoms. The van der Waals surface area contributed by atoms with E-state index in [1.165, 1.54) is 57.3 Å². The summed E-state index contributed by atoms with van der Waals surface area (Å²) in [5.74, 6) is 0. The van der Waals surface area contributed by atoms with Gasteiger partial charge in [0, 0.05) is 0 Å². The monoisotopic (exact) mass is 218 g/mol. The summed E-state index contributed by atoms with van der Waals surface area (Å²) < 4.78 is 0. The second-order valence-corrected chi connectivity index (χ2v) is 6.65. The molecule has 0 nitrogen and oxygen atoms in total. The summed E-state index contributed by atoms with van der Waals surface area (Å²) >= 11 is 0. The van der Waals surface area contributed by atoms with Crippen molar-refractivity contribution in [3.05, 3.63) is 0 Å². The SMILES string of the molecule is CCCCCCCC[P][P]CCC. The third-order valence-corrected chi connectivity index (χ3v) is 5.20. The van der Waals surface area contributed by atoms with E-state index in [4.69, 9.17) is 0 Å². The second-order valence-electron chi connectivity index (χ2n) is 3.50. The molecule has 0 aliphatic rings. The molecule has 0 amide bonds. The van der Waals surface area contributed by atoms with Gasteiger partial charge in [0.15, 0.2) is 0 Å². The van der Waals surface area contributed by atoms with Gasteiger partial charge < -0.3 is 0 Å². The number of rotatable bonds is 10. The average Bonchev–Trinajstić information content (AvgIpc) is 2.16. The molecule has 0 aromatic heterocycles. The van der Waals surface area contributed by atoms with Crippen LogP contribution in [0.3, 0.4) is 0 Å². The normalized spacial score (nSPS) is 12.5. The van der Waals surface area contributed by atoms with Crippen LogP contribution in [0.2, 0.25) is 0 Å². The molecule has 0 spiro atoms. The summed E-state index contributed by atoms with van der Waals surface area (Å²) in [6, 6.07) is 0. The lowest BCUT2D eigenvalue weighted by molar-refractivity contribution is 0.627. The predicted octanol–water partition coefficient (Wildman–Crippen LogP) is 5.56. The molecule has 2 heteroatoms. The topological polar surface area (TPSA) is 0 Å². The summed E-state index contributed by atoms with van der Waals surface area (Å²) in [6.07, 6.45) is 12.8. The quantitative estimate of drug-likeness (QED) is 0.332. The Labute approximate surface area is 88.1 Å². The summed E-state index contributed by atoms with van der Waals surface area (Å²) in [4.78, 5) is 0. The van der Waals surface area contributed by atoms with E-state index in [9.17, 15) is 0 Å². The maximum atomic E-state index is 2.28. The van der Waals surface area contributed by atoms with Crippen LogP contribution < -0.4 is 0 Å². The lowest BCUT2D eigenvalue weighted by Crippen LogP contribution is -1.79. The minimum absolute atomic E-state index is 1.35. The Morgan fingerprint density at radius 1 is 0.615 bits per heavy atom. The smallest absolute Gasteiger partial charge is 0.0242 e. The first kappa shape index (κ1) is 13.9. The van der Waals surface area contributed by atoms with E-state index in [0.29, 0.717) is 0 Å². The van der Waals surface area contributed by atoms with E-state index in [0.717, 1.165) is 0 Å². The van der Waals surface area contributed by atoms with E-state index >= 15 is 0 Å². The van der Waals surface area contributed by atoms with E-state index in [1.54, 1.807) is 16.5 Å². The van der Waals surface area contributed by atoms with Gasteiger partial charge in [-0.2, -0.15) is 0 Å². The van der Waals surface area contributed by atoms with E-state index in [-0.39, 0.29) is 0 Å². The number of hydrogen-bond acceptors (Lipinski definition) is 0. The molecule has 0 saturated carbocycles. The van der Waals surface area contributed by atoms with Crippen molar-refractivity contribution in [3.63, 3.8) is 0 Å². The van der Waals surface area contributed by atoms with Crippen LogP contribution in [-0.2, 0) is 0 Å². The van der Waals surface area contributed by atoms with Crippen molar-refractivity contribution in [2.24, 2.45) is 0 Å². The zero-order valence-corrected chi connectivity index (χ0v) is 11.0. The van der Waals surface area contributed by atoms with Crippen LogP contribution in [0.25, 0.3) is 0 Å². The Morgan fingerprint density at radius 2 is 1.23 bits per heavy atom. The first-order chi connectivity index (χ1) is 6.41. The average molecular weight is 218 g/mol. The van der Waals surface area contributed by atoms with Gasteiger partial charge >= 0.3 is 0 Å². The molecule has 0 fully saturated rings. The van der Waals surface area contributed by atoms with Crippen molar-refractivity contribution in [2.75, 3.05) is 12.3 Å². The van der Waals surface area contributed by atoms with Crippen LogP contribution in [0.5, 0.6) is 0 Å². The summed E-state index contributed by atoms with van der Waals surface area (Å²) in [6.45, 7) is 4.55. The highest BCUT2D eigenvalue weighted by atomic mass is 32.0. The van der Waals surface area contributed by atoms with E-state index < -0.39 is 0 Å². The third-order valence-electron chi connectivity index (χ3n) is 2.04. The molecule has 0 N–H and O–H groups in total. The summed E-state index contributed by atoms with van der Waals surface area (Å²) in [5.41, 5.74) is 0. The van der Waals surface area contributed by atoms with Gasteiger partial charge in [0.05, 0.1) is 0 Å². The van der Waals surface area contributed by atoms with Crippen molar-refractivity contribution < 1.29 is 0 Å². The standard InChI is InChI=1S/C11H24P2/c1-3-5-6-7-8-9-11-13-12-10-4-2/h3-11H2,1-2H3. The van der Waals surface area contributed by atoms with E-state index in [2.05, 4.69) is 13.8 Å². The molecule has 0 heterocycles. The van der Waals surface area contributed by atoms with Gasteiger partial charge in [-0.1, -0.05) is 52.4 Å². The van der Waals surface area contributed by atoms with Crippen LogP contribution in [-0.4, -0.2) is 12.3 Å². The molecule has 78 valence electrons. The highest BCUT2D eigenvalue weighted by Crippen LogP contribution is 2.37. The Kier molecular flexibility index (Phi) is 13.7. The van der Waals surface area contributed by atoms with Crippen LogP contribution in [0.15, 0.2) is 0 Å².